The third-order valence-corrected chi connectivity index (χ3v) is 7.82. The first-order valence-corrected chi connectivity index (χ1v) is 15.8. The lowest BCUT2D eigenvalue weighted by molar-refractivity contribution is -0.0739. The topological polar surface area (TPSA) is 89.7 Å². The van der Waals surface area contributed by atoms with E-state index in [-0.39, 0.29) is 5.92 Å². The predicted octanol–water partition coefficient (Wildman–Crippen LogP) is 5.37. The quantitative estimate of drug-likeness (QED) is 0.167. The second-order valence-corrected chi connectivity index (χ2v) is 11.1. The van der Waals surface area contributed by atoms with Gasteiger partial charge in [0, 0.05) is 35.5 Å². The number of hydrogen-bond acceptors (Lipinski definition) is 6. The standard InChI is InChI=1S/C32H42ClN3O3.C2H6/c1-3-5-6-10-22(9-4-2)25-20-36(21-25)32(39)24-15-18-27-29(19-24)34-28(11-7-8-12-30(37)38)31(35-27)23-13-16-26(33)17-14-23;1-2/h6,9-10,13-14,16-19,24-25,30,32,37-39H,3-5,7-8,11-12,15,20-21H2,1-2H3;1-2H3/b10-6-,22-9+;. The zero-order valence-electron chi connectivity index (χ0n) is 25.1. The van der Waals surface area contributed by atoms with Crippen molar-refractivity contribution < 1.29 is 15.3 Å². The van der Waals surface area contributed by atoms with E-state index in [0.29, 0.717) is 36.6 Å². The van der Waals surface area contributed by atoms with Crippen LogP contribution in [0.25, 0.3) is 23.4 Å². The number of benzene rings is 1. The Balaban J connectivity index is 0.00000226. The largest absolute Gasteiger partial charge is 0.378 e. The fourth-order valence-corrected chi connectivity index (χ4v) is 5.46. The average Bonchev–Trinajstić information content (AvgIpc) is 2.95. The van der Waals surface area contributed by atoms with Crippen molar-refractivity contribution in [3.63, 3.8) is 0 Å². The van der Waals surface area contributed by atoms with E-state index in [4.69, 9.17) is 21.6 Å². The number of aromatic nitrogens is 2. The Morgan fingerprint density at radius 2 is 1.78 bits per heavy atom. The van der Waals surface area contributed by atoms with Gasteiger partial charge >= 0.3 is 0 Å². The van der Waals surface area contributed by atoms with Crippen molar-refractivity contribution in [3.05, 3.63) is 69.5 Å². The summed E-state index contributed by atoms with van der Waals surface area (Å²) >= 11 is 6.12. The van der Waals surface area contributed by atoms with Gasteiger partial charge in [-0.2, -0.15) is 0 Å². The summed E-state index contributed by atoms with van der Waals surface area (Å²) in [5, 5.41) is 32.0. The highest BCUT2D eigenvalue weighted by Crippen LogP contribution is 2.30. The highest BCUT2D eigenvalue weighted by Gasteiger charge is 2.36. The number of likely N-dealkylation sites (tertiary alicyclic amines) is 1. The molecule has 0 saturated carbocycles. The first kappa shape index (κ1) is 33.2. The van der Waals surface area contributed by atoms with Crippen LogP contribution >= 0.6 is 11.6 Å². The van der Waals surface area contributed by atoms with Gasteiger partial charge in [-0.1, -0.05) is 82.2 Å². The molecular weight excluding hydrogens is 534 g/mol. The molecule has 2 unspecified atom stereocenters. The van der Waals surface area contributed by atoms with Crippen LogP contribution in [0.3, 0.4) is 0 Å². The fraction of sp³-hybridized carbons (Fsp3) is 0.529. The van der Waals surface area contributed by atoms with E-state index in [2.05, 4.69) is 49.1 Å². The molecule has 1 fully saturated rings. The zero-order chi connectivity index (χ0) is 29.8. The van der Waals surface area contributed by atoms with Gasteiger partial charge in [-0.3, -0.25) is 4.90 Å². The Bertz CT molecular complexity index is 1270. The third-order valence-electron chi connectivity index (χ3n) is 7.57. The molecule has 4 rings (SSSR count). The van der Waals surface area contributed by atoms with Crippen LogP contribution in [0.4, 0.5) is 0 Å². The Kier molecular flexibility index (Phi) is 13.7. The van der Waals surface area contributed by atoms with Crippen molar-refractivity contribution >= 4 is 23.8 Å². The molecule has 0 radical (unpaired) electrons. The van der Waals surface area contributed by atoms with Gasteiger partial charge in [-0.05, 0) is 68.7 Å². The lowest BCUT2D eigenvalue weighted by Gasteiger charge is -2.45. The highest BCUT2D eigenvalue weighted by atomic mass is 35.5. The highest BCUT2D eigenvalue weighted by molar-refractivity contribution is 6.30. The van der Waals surface area contributed by atoms with Crippen molar-refractivity contribution in [1.82, 2.24) is 14.9 Å². The number of rotatable bonds is 13. The van der Waals surface area contributed by atoms with E-state index < -0.39 is 12.5 Å². The molecule has 2 atom stereocenters. The normalized spacial score (nSPS) is 18.3. The van der Waals surface area contributed by atoms with Gasteiger partial charge in [0.15, 0.2) is 6.29 Å². The van der Waals surface area contributed by atoms with Gasteiger partial charge in [0.25, 0.3) is 0 Å². The van der Waals surface area contributed by atoms with Gasteiger partial charge in [-0.25, -0.2) is 9.97 Å². The van der Waals surface area contributed by atoms with Crippen molar-refractivity contribution in [2.45, 2.75) is 91.6 Å². The smallest absolute Gasteiger partial charge is 0.151 e. The molecule has 0 amide bonds. The molecule has 1 aromatic carbocycles. The molecular formula is C34H48ClN3O3. The summed E-state index contributed by atoms with van der Waals surface area (Å²) in [7, 11) is 0. The summed E-state index contributed by atoms with van der Waals surface area (Å²) < 4.78 is 0. The van der Waals surface area contributed by atoms with Crippen molar-refractivity contribution in [1.29, 1.82) is 0 Å². The molecule has 2 aliphatic rings. The maximum absolute atomic E-state index is 11.2. The summed E-state index contributed by atoms with van der Waals surface area (Å²) in [6, 6.07) is 7.62. The minimum Gasteiger partial charge on any atom is -0.378 e. The summed E-state index contributed by atoms with van der Waals surface area (Å²) in [5.74, 6) is 0.430. The molecule has 1 saturated heterocycles. The van der Waals surface area contributed by atoms with E-state index >= 15 is 0 Å². The fourth-order valence-electron chi connectivity index (χ4n) is 5.33. The molecule has 41 heavy (non-hydrogen) atoms. The Labute approximate surface area is 250 Å². The molecule has 0 bridgehead atoms. The number of hydrogen-bond donors (Lipinski definition) is 3. The first-order valence-electron chi connectivity index (χ1n) is 15.4. The molecule has 2 aromatic rings. The van der Waals surface area contributed by atoms with Gasteiger partial charge in [-0.15, -0.1) is 0 Å². The minimum absolute atomic E-state index is 0.0410. The van der Waals surface area contributed by atoms with Crippen molar-refractivity contribution in [3.8, 4) is 11.3 Å². The number of aliphatic hydroxyl groups is 3. The van der Waals surface area contributed by atoms with Crippen LogP contribution in [0.15, 0.2) is 48.1 Å². The van der Waals surface area contributed by atoms with Crippen molar-refractivity contribution in [2.75, 3.05) is 13.1 Å². The third kappa shape index (κ3) is 9.32. The molecule has 1 aliphatic heterocycles. The Hall–Kier alpha value is -2.35. The zero-order valence-corrected chi connectivity index (χ0v) is 25.9. The van der Waals surface area contributed by atoms with Gasteiger partial charge in [0.2, 0.25) is 0 Å². The first-order chi connectivity index (χ1) is 19.9. The van der Waals surface area contributed by atoms with Crippen LogP contribution < -0.4 is 10.7 Å². The van der Waals surface area contributed by atoms with E-state index in [1.807, 2.05) is 38.1 Å². The summed E-state index contributed by atoms with van der Waals surface area (Å²) in [4.78, 5) is 12.2. The number of nitrogens with zero attached hydrogens (tertiary/aromatic N) is 3. The number of allylic oxidation sites excluding steroid dienone is 3. The molecule has 1 aliphatic carbocycles. The van der Waals surface area contributed by atoms with E-state index in [1.54, 1.807) is 0 Å². The van der Waals surface area contributed by atoms with Crippen LogP contribution in [-0.4, -0.2) is 55.8 Å². The van der Waals surface area contributed by atoms with Crippen LogP contribution in [0, 0.1) is 11.8 Å². The number of unbranched alkanes of at least 4 members (excludes halogenated alkanes) is 2. The van der Waals surface area contributed by atoms with Gasteiger partial charge in [0.05, 0.1) is 22.1 Å². The van der Waals surface area contributed by atoms with Crippen LogP contribution in [-0.2, 0) is 6.42 Å². The second kappa shape index (κ2) is 16.9. The molecule has 7 heteroatoms. The van der Waals surface area contributed by atoms with Crippen molar-refractivity contribution in [2.24, 2.45) is 11.8 Å². The second-order valence-electron chi connectivity index (χ2n) is 10.7. The van der Waals surface area contributed by atoms with Crippen LogP contribution in [0.2, 0.25) is 5.02 Å². The molecule has 3 N–H and O–H groups in total. The van der Waals surface area contributed by atoms with Crippen LogP contribution in [0.1, 0.15) is 78.3 Å². The van der Waals surface area contributed by atoms with Crippen LogP contribution in [0.5, 0.6) is 0 Å². The molecule has 1 aromatic heterocycles. The summed E-state index contributed by atoms with van der Waals surface area (Å²) in [6.07, 6.45) is 15.6. The summed E-state index contributed by atoms with van der Waals surface area (Å²) in [5.41, 5.74) is 4.05. The Morgan fingerprint density at radius 1 is 1.05 bits per heavy atom. The minimum atomic E-state index is -1.29. The molecule has 2 heterocycles. The molecule has 224 valence electrons. The SMILES string of the molecule is CC.CC/C=C(\C=C/CCC)C1CN(C(O)C2C=c3nc(CCCCC(O)O)c(-c4ccc(Cl)cc4)nc3=CC2)C1. The number of aliphatic hydroxyl groups excluding tert-OH is 2. The van der Waals surface area contributed by atoms with E-state index in [9.17, 15) is 15.3 Å². The van der Waals surface area contributed by atoms with Gasteiger partial charge < -0.3 is 15.3 Å². The lowest BCUT2D eigenvalue weighted by Crippen LogP contribution is -2.55. The Morgan fingerprint density at radius 3 is 2.44 bits per heavy atom. The van der Waals surface area contributed by atoms with Gasteiger partial charge in [0.1, 0.15) is 6.23 Å². The van der Waals surface area contributed by atoms with E-state index in [0.717, 1.165) is 66.4 Å². The maximum Gasteiger partial charge on any atom is 0.151 e. The molecule has 0 spiro atoms. The molecule has 6 nitrogen and oxygen atoms in total. The average molecular weight is 582 g/mol. The lowest BCUT2D eigenvalue weighted by atomic mass is 9.87. The number of fused-ring (bicyclic) bond motifs is 1. The van der Waals surface area contributed by atoms with E-state index in [1.165, 1.54) is 5.57 Å². The predicted molar refractivity (Wildman–Crippen MR) is 169 cm³/mol. The number of halogens is 1. The number of aryl methyl sites for hydroxylation is 1. The monoisotopic (exact) mass is 581 g/mol. The summed E-state index contributed by atoms with van der Waals surface area (Å²) in [6.45, 7) is 10.1. The maximum atomic E-state index is 11.2.